The van der Waals surface area contributed by atoms with Crippen LogP contribution in [0.15, 0.2) is 42.6 Å². The quantitative estimate of drug-likeness (QED) is 0.189. The van der Waals surface area contributed by atoms with Crippen LogP contribution in [0.3, 0.4) is 0 Å². The highest BCUT2D eigenvalue weighted by atomic mass is 127. The van der Waals surface area contributed by atoms with E-state index >= 15 is 0 Å². The lowest BCUT2D eigenvalue weighted by molar-refractivity contribution is -0.0505. The van der Waals surface area contributed by atoms with E-state index in [1.165, 1.54) is 64.2 Å². The Labute approximate surface area is 295 Å². The van der Waals surface area contributed by atoms with Gasteiger partial charge in [0.2, 0.25) is 0 Å². The van der Waals surface area contributed by atoms with Gasteiger partial charge in [-0.05, 0) is 202 Å². The van der Waals surface area contributed by atoms with Gasteiger partial charge in [-0.1, -0.05) is 63.1 Å². The summed E-state index contributed by atoms with van der Waals surface area (Å²) in [7, 11) is 0. The van der Waals surface area contributed by atoms with Gasteiger partial charge < -0.3 is 10.2 Å². The fraction of sp³-hybridized carbons (Fsp3) is 0.800. The van der Waals surface area contributed by atoms with Crippen LogP contribution in [0.25, 0.3) is 0 Å². The molecule has 0 spiro atoms. The molecule has 8 aliphatic rings. The Morgan fingerprint density at radius 3 is 1.27 bits per heavy atom. The lowest BCUT2D eigenvalue weighted by Crippen LogP contribution is -2.51. The van der Waals surface area contributed by atoms with Gasteiger partial charge in [-0.25, -0.2) is 0 Å². The van der Waals surface area contributed by atoms with Crippen LogP contribution in [0.5, 0.6) is 0 Å². The molecule has 0 aromatic rings. The molecule has 0 aliphatic heterocycles. The summed E-state index contributed by atoms with van der Waals surface area (Å²) in [4.78, 5) is 0. The molecule has 0 radical (unpaired) electrons. The van der Waals surface area contributed by atoms with Crippen molar-refractivity contribution in [3.63, 3.8) is 0 Å². The minimum absolute atomic E-state index is 0.362. The van der Waals surface area contributed by atoms with Gasteiger partial charge in [0.1, 0.15) is 0 Å². The average molecular weight is 825 g/mol. The number of hydrogen-bond acceptors (Lipinski definition) is 2. The van der Waals surface area contributed by atoms with Crippen LogP contribution in [0.4, 0.5) is 0 Å². The number of allylic oxidation sites excluding steroid dienone is 6. The third-order valence-corrected chi connectivity index (χ3v) is 19.1. The third-order valence-electron chi connectivity index (χ3n) is 15.7. The van der Waals surface area contributed by atoms with Crippen LogP contribution in [0, 0.1) is 57.2 Å². The Morgan fingerprint density at radius 2 is 0.886 bits per heavy atom. The number of halogens is 2. The summed E-state index contributed by atoms with van der Waals surface area (Å²) in [5.41, 5.74) is 3.87. The van der Waals surface area contributed by atoms with E-state index in [2.05, 4.69) is 97.2 Å². The molecule has 244 valence electrons. The maximum Gasteiger partial charge on any atom is 0.0657 e. The summed E-state index contributed by atoms with van der Waals surface area (Å²) in [6, 6.07) is 0. The van der Waals surface area contributed by atoms with Crippen molar-refractivity contribution in [2.24, 2.45) is 57.2 Å². The Bertz CT molecular complexity index is 1220. The van der Waals surface area contributed by atoms with E-state index in [1.54, 1.807) is 18.3 Å². The van der Waals surface area contributed by atoms with Crippen molar-refractivity contribution in [2.45, 2.75) is 143 Å². The van der Waals surface area contributed by atoms with E-state index in [4.69, 9.17) is 0 Å². The monoisotopic (exact) mass is 824 g/mol. The minimum atomic E-state index is -0.467. The molecule has 0 aromatic heterocycles. The molecule has 8 rings (SSSR count). The van der Waals surface area contributed by atoms with Crippen LogP contribution >= 0.6 is 45.2 Å². The first-order valence-electron chi connectivity index (χ1n) is 18.1. The van der Waals surface area contributed by atoms with Gasteiger partial charge in [0.15, 0.2) is 0 Å². The lowest BCUT2D eigenvalue weighted by atomic mass is 9.47. The molecule has 4 fully saturated rings. The van der Waals surface area contributed by atoms with Gasteiger partial charge >= 0.3 is 0 Å². The molecule has 0 aromatic carbocycles. The van der Waals surface area contributed by atoms with Crippen LogP contribution in [-0.4, -0.2) is 21.4 Å². The Kier molecular flexibility index (Phi) is 8.16. The normalized spacial score (nSPS) is 54.0. The lowest BCUT2D eigenvalue weighted by Gasteiger charge is -2.58. The van der Waals surface area contributed by atoms with E-state index in [1.807, 2.05) is 13.8 Å². The van der Waals surface area contributed by atoms with Crippen LogP contribution in [-0.2, 0) is 0 Å². The molecule has 12 atom stereocenters. The molecule has 0 unspecified atom stereocenters. The highest BCUT2D eigenvalue weighted by Gasteiger charge is 2.58. The van der Waals surface area contributed by atoms with E-state index in [0.717, 1.165) is 61.2 Å². The van der Waals surface area contributed by atoms with E-state index in [9.17, 15) is 10.2 Å². The van der Waals surface area contributed by atoms with Crippen molar-refractivity contribution < 1.29 is 10.2 Å². The predicted molar refractivity (Wildman–Crippen MR) is 200 cm³/mol. The zero-order valence-corrected chi connectivity index (χ0v) is 32.6. The fourth-order valence-corrected chi connectivity index (χ4v) is 14.5. The maximum atomic E-state index is 10.5. The molecule has 0 saturated heterocycles. The molecule has 8 aliphatic carbocycles. The summed E-state index contributed by atoms with van der Waals surface area (Å²) in [6.07, 6.45) is 26.8. The van der Waals surface area contributed by atoms with Crippen molar-refractivity contribution in [2.75, 3.05) is 0 Å². The van der Waals surface area contributed by atoms with Gasteiger partial charge in [-0.15, -0.1) is 0 Å². The third kappa shape index (κ3) is 5.00. The summed E-state index contributed by atoms with van der Waals surface area (Å²) in [5, 5.41) is 21.0. The van der Waals surface area contributed by atoms with Crippen LogP contribution < -0.4 is 0 Å². The predicted octanol–water partition coefficient (Wildman–Crippen LogP) is 11.3. The standard InChI is InChI=1S/2C20H29IO/c2*1-18(22)10-11-19(2)13(12-18)4-5-14-15-6-7-17(21)20(15,3)9-8-16(14)19/h2*4,7,14-16,22H,5-6,8-12H2,1-3H3/t14-,15-,16-,18+,19-,20-;14-,15-,16-,18-,19-,20-/m00/s1. The number of rotatable bonds is 0. The topological polar surface area (TPSA) is 40.5 Å². The minimum Gasteiger partial charge on any atom is -0.390 e. The molecule has 2 N–H and O–H groups in total. The van der Waals surface area contributed by atoms with Gasteiger partial charge in [-0.3, -0.25) is 0 Å². The first-order chi connectivity index (χ1) is 20.5. The molecule has 0 heterocycles. The number of fused-ring (bicyclic) bond motifs is 10. The Hall–Kier alpha value is 0.340. The SMILES string of the molecule is C[C@@]1(O)CC[C@@]2(C)C(=CC[C@@H]3[C@@H]2CC[C@]2(C)C(I)=CC[C@@H]32)C1.C[C@]1(O)CC[C@@]2(C)C(=CC[C@@H]3[C@@H]2CC[C@]2(C)C(I)=CC[C@@H]32)C1. The molecule has 0 bridgehead atoms. The summed E-state index contributed by atoms with van der Waals surface area (Å²) < 4.78 is 3.25. The summed E-state index contributed by atoms with van der Waals surface area (Å²) in [5.74, 6) is 5.12. The van der Waals surface area contributed by atoms with E-state index in [0.29, 0.717) is 21.7 Å². The van der Waals surface area contributed by atoms with Gasteiger partial charge in [0, 0.05) is 10.8 Å². The Morgan fingerprint density at radius 1 is 0.500 bits per heavy atom. The second-order valence-electron chi connectivity index (χ2n) is 18.4. The summed E-state index contributed by atoms with van der Waals surface area (Å²) in [6.45, 7) is 14.1. The molecule has 4 heteroatoms. The number of hydrogen-bond donors (Lipinski definition) is 2. The smallest absolute Gasteiger partial charge is 0.0657 e. The highest BCUT2D eigenvalue weighted by molar-refractivity contribution is 14.1. The Balaban J connectivity index is 0.000000142. The fourth-order valence-electron chi connectivity index (χ4n) is 12.6. The molecular formula is C40H58I2O2. The van der Waals surface area contributed by atoms with Crippen molar-refractivity contribution >= 4 is 45.2 Å². The van der Waals surface area contributed by atoms with Crippen LogP contribution in [0.2, 0.25) is 0 Å². The molecule has 4 saturated carbocycles. The van der Waals surface area contributed by atoms with Gasteiger partial charge in [-0.2, -0.15) is 0 Å². The first kappa shape index (κ1) is 32.9. The second kappa shape index (κ2) is 10.9. The van der Waals surface area contributed by atoms with E-state index < -0.39 is 11.2 Å². The zero-order valence-electron chi connectivity index (χ0n) is 28.3. The molecule has 44 heavy (non-hydrogen) atoms. The van der Waals surface area contributed by atoms with Crippen molar-refractivity contribution in [3.8, 4) is 0 Å². The van der Waals surface area contributed by atoms with Crippen molar-refractivity contribution in [1.82, 2.24) is 0 Å². The van der Waals surface area contributed by atoms with Crippen LogP contribution in [0.1, 0.15) is 131 Å². The second-order valence-corrected chi connectivity index (χ2v) is 20.7. The van der Waals surface area contributed by atoms with E-state index in [-0.39, 0.29) is 0 Å². The first-order valence-corrected chi connectivity index (χ1v) is 20.2. The van der Waals surface area contributed by atoms with Crippen molar-refractivity contribution in [3.05, 3.63) is 42.6 Å². The molecular weight excluding hydrogens is 766 g/mol. The zero-order chi connectivity index (χ0) is 31.5. The van der Waals surface area contributed by atoms with Gasteiger partial charge in [0.25, 0.3) is 0 Å². The molecule has 2 nitrogen and oxygen atoms in total. The number of aliphatic hydroxyl groups is 2. The maximum absolute atomic E-state index is 10.5. The van der Waals surface area contributed by atoms with Gasteiger partial charge in [0.05, 0.1) is 11.2 Å². The summed E-state index contributed by atoms with van der Waals surface area (Å²) >= 11 is 5.21. The highest BCUT2D eigenvalue weighted by Crippen LogP contribution is 2.68. The average Bonchev–Trinajstić information content (AvgIpc) is 3.44. The molecule has 0 amide bonds. The van der Waals surface area contributed by atoms with Crippen molar-refractivity contribution in [1.29, 1.82) is 0 Å². The largest absolute Gasteiger partial charge is 0.390 e.